The zero-order chi connectivity index (χ0) is 16.6. The summed E-state index contributed by atoms with van der Waals surface area (Å²) in [5.41, 5.74) is 2.53. The molecule has 1 atom stereocenters. The molecule has 124 valence electrons. The maximum absolute atomic E-state index is 12.8. The van der Waals surface area contributed by atoms with E-state index in [9.17, 15) is 19.5 Å². The van der Waals surface area contributed by atoms with E-state index in [1.807, 2.05) is 0 Å². The molecule has 2 heterocycles. The first-order chi connectivity index (χ1) is 11.0. The highest BCUT2D eigenvalue weighted by molar-refractivity contribution is 6.04. The molecule has 1 unspecified atom stereocenters. The molecule has 1 aliphatic carbocycles. The minimum absolute atomic E-state index is 0.0710. The van der Waals surface area contributed by atoms with Gasteiger partial charge in [-0.1, -0.05) is 0 Å². The molecular formula is C16H20N2O5. The molecular weight excluding hydrogens is 300 g/mol. The van der Waals surface area contributed by atoms with Gasteiger partial charge in [0.2, 0.25) is 0 Å². The maximum atomic E-state index is 12.8. The minimum atomic E-state index is -0.970. The second kappa shape index (κ2) is 6.16. The van der Waals surface area contributed by atoms with Crippen molar-refractivity contribution >= 4 is 17.7 Å². The van der Waals surface area contributed by atoms with Crippen molar-refractivity contribution in [2.75, 3.05) is 26.3 Å². The number of rotatable bonds is 2. The summed E-state index contributed by atoms with van der Waals surface area (Å²) in [5.74, 6) is -1.89. The van der Waals surface area contributed by atoms with Crippen LogP contribution < -0.4 is 0 Å². The molecule has 1 saturated heterocycles. The van der Waals surface area contributed by atoms with Gasteiger partial charge in [0.25, 0.3) is 5.91 Å². The van der Waals surface area contributed by atoms with Crippen LogP contribution in [-0.2, 0) is 16.0 Å². The van der Waals surface area contributed by atoms with Gasteiger partial charge in [0.05, 0.1) is 19.1 Å². The summed E-state index contributed by atoms with van der Waals surface area (Å²) in [7, 11) is 0. The molecule has 0 radical (unpaired) electrons. The summed E-state index contributed by atoms with van der Waals surface area (Å²) in [6, 6.07) is 0. The Kier molecular flexibility index (Phi) is 4.21. The number of hydrogen-bond donors (Lipinski definition) is 2. The largest absolute Gasteiger partial charge is 0.481 e. The van der Waals surface area contributed by atoms with Gasteiger partial charge in [-0.05, 0) is 25.3 Å². The maximum Gasteiger partial charge on any atom is 0.310 e. The Bertz CT molecular complexity index is 664. The SMILES string of the molecule is Cc1c(C(=O)N2CCOCC(C(=O)O)C2)[nH]c2c1C(=O)CCC2. The molecule has 1 amide bonds. The smallest absolute Gasteiger partial charge is 0.310 e. The van der Waals surface area contributed by atoms with E-state index in [-0.39, 0.29) is 24.8 Å². The first-order valence-corrected chi connectivity index (χ1v) is 7.83. The molecule has 23 heavy (non-hydrogen) atoms. The van der Waals surface area contributed by atoms with Crippen molar-refractivity contribution in [2.45, 2.75) is 26.2 Å². The Balaban J connectivity index is 1.88. The van der Waals surface area contributed by atoms with E-state index in [4.69, 9.17) is 4.74 Å². The molecule has 3 rings (SSSR count). The van der Waals surface area contributed by atoms with Crippen LogP contribution in [0, 0.1) is 12.8 Å². The molecule has 1 aliphatic heterocycles. The second-order valence-corrected chi connectivity index (χ2v) is 6.12. The molecule has 2 N–H and O–H groups in total. The van der Waals surface area contributed by atoms with Gasteiger partial charge in [-0.25, -0.2) is 0 Å². The van der Waals surface area contributed by atoms with E-state index < -0.39 is 11.9 Å². The van der Waals surface area contributed by atoms with Crippen LogP contribution in [0.25, 0.3) is 0 Å². The number of aryl methyl sites for hydroxylation is 1. The third kappa shape index (κ3) is 2.88. The van der Waals surface area contributed by atoms with Crippen molar-refractivity contribution in [1.29, 1.82) is 0 Å². The predicted molar refractivity (Wildman–Crippen MR) is 80.6 cm³/mol. The number of carboxylic acid groups (broad SMARTS) is 1. The second-order valence-electron chi connectivity index (χ2n) is 6.12. The van der Waals surface area contributed by atoms with Crippen molar-refractivity contribution in [1.82, 2.24) is 9.88 Å². The number of aliphatic carboxylic acids is 1. The summed E-state index contributed by atoms with van der Waals surface area (Å²) >= 11 is 0. The number of carbonyl (C=O) groups is 3. The quantitative estimate of drug-likeness (QED) is 0.847. The number of carbonyl (C=O) groups excluding carboxylic acids is 2. The number of aromatic amines is 1. The minimum Gasteiger partial charge on any atom is -0.481 e. The third-order valence-electron chi connectivity index (χ3n) is 4.55. The molecule has 7 heteroatoms. The highest BCUT2D eigenvalue weighted by Gasteiger charge is 2.31. The number of nitrogens with zero attached hydrogens (tertiary/aromatic N) is 1. The molecule has 1 fully saturated rings. The van der Waals surface area contributed by atoms with Crippen molar-refractivity contribution < 1.29 is 24.2 Å². The van der Waals surface area contributed by atoms with Crippen molar-refractivity contribution in [3.8, 4) is 0 Å². The van der Waals surface area contributed by atoms with Crippen molar-refractivity contribution in [3.05, 3.63) is 22.5 Å². The molecule has 1 aromatic rings. The molecule has 0 bridgehead atoms. The fourth-order valence-electron chi connectivity index (χ4n) is 3.29. The van der Waals surface area contributed by atoms with Gasteiger partial charge in [0.15, 0.2) is 5.78 Å². The Labute approximate surface area is 133 Å². The highest BCUT2D eigenvalue weighted by Crippen LogP contribution is 2.27. The number of amides is 1. The lowest BCUT2D eigenvalue weighted by molar-refractivity contribution is -0.143. The number of fused-ring (bicyclic) bond motifs is 1. The molecule has 0 aromatic carbocycles. The summed E-state index contributed by atoms with van der Waals surface area (Å²) in [6.45, 7) is 2.66. The lowest BCUT2D eigenvalue weighted by atomic mass is 9.93. The number of H-pyrrole nitrogens is 1. The molecule has 0 saturated carbocycles. The topological polar surface area (TPSA) is 99.7 Å². The van der Waals surface area contributed by atoms with Crippen LogP contribution in [0.15, 0.2) is 0 Å². The van der Waals surface area contributed by atoms with E-state index >= 15 is 0 Å². The normalized spacial score (nSPS) is 21.7. The van der Waals surface area contributed by atoms with Gasteiger partial charge in [-0.2, -0.15) is 0 Å². The zero-order valence-corrected chi connectivity index (χ0v) is 13.1. The van der Waals surface area contributed by atoms with Crippen LogP contribution in [0.3, 0.4) is 0 Å². The predicted octanol–water partition coefficient (Wildman–Crippen LogP) is 1.02. The van der Waals surface area contributed by atoms with Crippen LogP contribution >= 0.6 is 0 Å². The average molecular weight is 320 g/mol. The van der Waals surface area contributed by atoms with Gasteiger partial charge >= 0.3 is 5.97 Å². The monoisotopic (exact) mass is 320 g/mol. The summed E-state index contributed by atoms with van der Waals surface area (Å²) in [6.07, 6.45) is 2.06. The Hall–Kier alpha value is -2.15. The fourth-order valence-corrected chi connectivity index (χ4v) is 3.29. The number of Topliss-reactive ketones (excluding diaryl/α,β-unsaturated/α-hetero) is 1. The Morgan fingerprint density at radius 3 is 2.83 bits per heavy atom. The van der Waals surface area contributed by atoms with Gasteiger partial charge in [0, 0.05) is 30.8 Å². The lowest BCUT2D eigenvalue weighted by Gasteiger charge is -2.21. The van der Waals surface area contributed by atoms with E-state index in [2.05, 4.69) is 4.98 Å². The van der Waals surface area contributed by atoms with Crippen LogP contribution in [0.2, 0.25) is 0 Å². The zero-order valence-electron chi connectivity index (χ0n) is 13.1. The Morgan fingerprint density at radius 1 is 1.35 bits per heavy atom. The number of carboxylic acids is 1. The van der Waals surface area contributed by atoms with Gasteiger partial charge in [-0.15, -0.1) is 0 Å². The van der Waals surface area contributed by atoms with Crippen molar-refractivity contribution in [2.24, 2.45) is 5.92 Å². The Morgan fingerprint density at radius 2 is 2.13 bits per heavy atom. The molecule has 7 nitrogen and oxygen atoms in total. The van der Waals surface area contributed by atoms with Crippen LogP contribution in [0.1, 0.15) is 44.9 Å². The molecule has 2 aliphatic rings. The van der Waals surface area contributed by atoms with Crippen LogP contribution in [-0.4, -0.2) is 59.0 Å². The summed E-state index contributed by atoms with van der Waals surface area (Å²) in [4.78, 5) is 40.7. The van der Waals surface area contributed by atoms with Gasteiger partial charge in [0.1, 0.15) is 5.69 Å². The van der Waals surface area contributed by atoms with E-state index in [1.54, 1.807) is 6.92 Å². The standard InChI is InChI=1S/C16H20N2O5/c1-9-13-11(3-2-4-12(13)19)17-14(9)15(20)18-5-6-23-8-10(7-18)16(21)22/h10,17H,2-8H2,1H3,(H,21,22). The van der Waals surface area contributed by atoms with Gasteiger partial charge < -0.3 is 19.7 Å². The summed E-state index contributed by atoms with van der Waals surface area (Å²) in [5, 5.41) is 9.18. The highest BCUT2D eigenvalue weighted by atomic mass is 16.5. The van der Waals surface area contributed by atoms with Crippen LogP contribution in [0.4, 0.5) is 0 Å². The first kappa shape index (κ1) is 15.7. The van der Waals surface area contributed by atoms with Crippen LogP contribution in [0.5, 0.6) is 0 Å². The molecule has 0 spiro atoms. The fraction of sp³-hybridized carbons (Fsp3) is 0.562. The third-order valence-corrected chi connectivity index (χ3v) is 4.55. The number of aromatic nitrogens is 1. The number of ether oxygens (including phenoxy) is 1. The number of ketones is 1. The van der Waals surface area contributed by atoms with E-state index in [1.165, 1.54) is 4.90 Å². The summed E-state index contributed by atoms with van der Waals surface area (Å²) < 4.78 is 5.27. The van der Waals surface area contributed by atoms with E-state index in [0.717, 1.165) is 18.5 Å². The first-order valence-electron chi connectivity index (χ1n) is 7.83. The van der Waals surface area contributed by atoms with E-state index in [0.29, 0.717) is 36.4 Å². The number of hydrogen-bond acceptors (Lipinski definition) is 4. The lowest BCUT2D eigenvalue weighted by Crippen LogP contribution is -2.38. The average Bonchev–Trinajstić information content (AvgIpc) is 2.72. The molecule has 1 aromatic heterocycles. The number of nitrogens with one attached hydrogen (secondary N) is 1. The van der Waals surface area contributed by atoms with Gasteiger partial charge in [-0.3, -0.25) is 14.4 Å². The van der Waals surface area contributed by atoms with Crippen molar-refractivity contribution in [3.63, 3.8) is 0 Å².